The first-order chi connectivity index (χ1) is 25.5. The van der Waals surface area contributed by atoms with Crippen LogP contribution in [-0.4, -0.2) is 9.13 Å². The van der Waals surface area contributed by atoms with Crippen molar-refractivity contribution in [1.82, 2.24) is 9.13 Å². The number of aryl methyl sites for hydroxylation is 4. The minimum absolute atomic E-state index is 0.535. The highest BCUT2D eigenvalue weighted by Gasteiger charge is 2.23. The van der Waals surface area contributed by atoms with Gasteiger partial charge in [-0.2, -0.15) is 10.5 Å². The summed E-state index contributed by atoms with van der Waals surface area (Å²) in [6.45, 7) is 8.95. The van der Waals surface area contributed by atoms with Crippen LogP contribution in [0.3, 0.4) is 0 Å². The van der Waals surface area contributed by atoms with E-state index in [4.69, 9.17) is 0 Å². The molecule has 0 aliphatic heterocycles. The quantitative estimate of drug-likeness (QED) is 0.115. The van der Waals surface area contributed by atoms with Crippen molar-refractivity contribution in [1.29, 1.82) is 10.5 Å². The summed E-state index contributed by atoms with van der Waals surface area (Å²) in [4.78, 5) is 0. The Kier molecular flexibility index (Phi) is 10.5. The number of hydrogen-bond donors (Lipinski definition) is 0. The molecule has 7 aromatic rings. The molecule has 0 saturated carbocycles. The molecule has 262 valence electrons. The van der Waals surface area contributed by atoms with Gasteiger partial charge in [0.25, 0.3) is 0 Å². The van der Waals surface area contributed by atoms with Gasteiger partial charge in [0.05, 0.1) is 45.1 Å². The third-order valence-electron chi connectivity index (χ3n) is 10.9. The first kappa shape index (κ1) is 35.1. The number of fused-ring (bicyclic) bond motifs is 6. The average molecular weight is 683 g/mol. The monoisotopic (exact) mass is 682 g/mol. The number of rotatable bonds is 14. The lowest BCUT2D eigenvalue weighted by atomic mass is 10.0. The molecule has 52 heavy (non-hydrogen) atoms. The lowest BCUT2D eigenvalue weighted by molar-refractivity contribution is 0.795. The van der Waals surface area contributed by atoms with Gasteiger partial charge in [-0.05, 0) is 134 Å². The molecular formula is C48H50N4. The molecule has 2 aromatic heterocycles. The van der Waals surface area contributed by atoms with E-state index in [1.54, 1.807) is 0 Å². The fourth-order valence-corrected chi connectivity index (χ4v) is 8.04. The summed E-state index contributed by atoms with van der Waals surface area (Å²) in [5.74, 6) is 0. The van der Waals surface area contributed by atoms with Gasteiger partial charge < -0.3 is 9.13 Å². The van der Waals surface area contributed by atoms with Crippen LogP contribution in [0.5, 0.6) is 0 Å². The maximum absolute atomic E-state index is 11.2. The molecule has 7 rings (SSSR count). The molecule has 4 nitrogen and oxygen atoms in total. The Morgan fingerprint density at radius 2 is 0.731 bits per heavy atom. The maximum Gasteiger partial charge on any atom is 0.104 e. The van der Waals surface area contributed by atoms with Crippen molar-refractivity contribution in [2.75, 3.05) is 0 Å². The largest absolute Gasteiger partial charge is 0.308 e. The van der Waals surface area contributed by atoms with E-state index >= 15 is 0 Å². The van der Waals surface area contributed by atoms with Crippen LogP contribution in [0.2, 0.25) is 0 Å². The fourth-order valence-electron chi connectivity index (χ4n) is 8.04. The zero-order chi connectivity index (χ0) is 36.2. The average Bonchev–Trinajstić information content (AvgIpc) is 3.68. The third-order valence-corrected chi connectivity index (χ3v) is 10.9. The normalized spacial score (nSPS) is 11.6. The van der Waals surface area contributed by atoms with Crippen molar-refractivity contribution in [3.05, 3.63) is 118 Å². The molecule has 0 fully saturated rings. The molecule has 2 heterocycles. The Morgan fingerprint density at radius 1 is 0.423 bits per heavy atom. The van der Waals surface area contributed by atoms with Gasteiger partial charge in [-0.1, -0.05) is 77.6 Å². The van der Waals surface area contributed by atoms with E-state index in [-0.39, 0.29) is 0 Å². The number of nitriles is 2. The van der Waals surface area contributed by atoms with Gasteiger partial charge in [-0.25, -0.2) is 0 Å². The van der Waals surface area contributed by atoms with Crippen LogP contribution in [0.15, 0.2) is 84.9 Å². The molecule has 0 radical (unpaired) electrons. The summed E-state index contributed by atoms with van der Waals surface area (Å²) in [5, 5.41) is 26.5. The number of nitrogens with zero attached hydrogens (tertiary/aromatic N) is 4. The van der Waals surface area contributed by atoms with E-state index in [0.717, 1.165) is 110 Å². The van der Waals surface area contributed by atoms with Crippen LogP contribution in [0, 0.1) is 22.7 Å². The second-order valence-electron chi connectivity index (χ2n) is 14.6. The molecular weight excluding hydrogens is 633 g/mol. The minimum atomic E-state index is 0.535. The van der Waals surface area contributed by atoms with E-state index in [1.165, 1.54) is 43.8 Å². The predicted molar refractivity (Wildman–Crippen MR) is 219 cm³/mol. The summed E-state index contributed by atoms with van der Waals surface area (Å²) in [6, 6.07) is 36.2. The van der Waals surface area contributed by atoms with Gasteiger partial charge in [0.2, 0.25) is 0 Å². The molecule has 0 N–H and O–H groups in total. The highest BCUT2D eigenvalue weighted by atomic mass is 15.0. The Morgan fingerprint density at radius 3 is 0.981 bits per heavy atom. The van der Waals surface area contributed by atoms with Gasteiger partial charge in [-0.15, -0.1) is 0 Å². The first-order valence-corrected chi connectivity index (χ1v) is 19.6. The fraction of sp³-hybridized carbons (Fsp3) is 0.333. The topological polar surface area (TPSA) is 57.4 Å². The maximum atomic E-state index is 11.2. The smallest absolute Gasteiger partial charge is 0.104 e. The first-order valence-electron chi connectivity index (χ1n) is 19.6. The second-order valence-corrected chi connectivity index (χ2v) is 14.6. The second kappa shape index (κ2) is 15.5. The lowest BCUT2D eigenvalue weighted by Crippen LogP contribution is -2.05. The van der Waals surface area contributed by atoms with Crippen molar-refractivity contribution >= 4 is 43.6 Å². The molecule has 0 aliphatic rings. The van der Waals surface area contributed by atoms with Crippen molar-refractivity contribution in [3.8, 4) is 23.5 Å². The molecule has 0 unspecified atom stereocenters. The van der Waals surface area contributed by atoms with Crippen molar-refractivity contribution in [2.45, 2.75) is 105 Å². The standard InChI is InChI=1S/C48H50N4/c1-5-9-13-33-17-21-43-38(25-33)39-26-34(14-10-6-2)18-22-44(39)51(43)47-29-37(31-49)30-48(42(47)32-50)52-45-23-19-35(15-11-7-3)27-40(45)41-28-36(16-12-8-4)20-24-46(41)52/h17-30H,5-16H2,1-4H3. The number of unbranched alkanes of at least 4 members (excludes halogenated alkanes) is 4. The van der Waals surface area contributed by atoms with Crippen molar-refractivity contribution in [2.24, 2.45) is 0 Å². The van der Waals surface area contributed by atoms with E-state index in [2.05, 4.69) is 122 Å². The van der Waals surface area contributed by atoms with Gasteiger partial charge in [0, 0.05) is 21.5 Å². The molecule has 0 spiro atoms. The molecule has 0 atom stereocenters. The molecule has 0 bridgehead atoms. The van der Waals surface area contributed by atoms with Gasteiger partial charge in [-0.3, -0.25) is 0 Å². The number of hydrogen-bond acceptors (Lipinski definition) is 2. The Labute approximate surface area is 308 Å². The number of benzene rings is 5. The van der Waals surface area contributed by atoms with Crippen LogP contribution in [0.1, 0.15) is 112 Å². The summed E-state index contributed by atoms with van der Waals surface area (Å²) in [5.41, 5.74) is 12.2. The van der Waals surface area contributed by atoms with Crippen LogP contribution < -0.4 is 0 Å². The summed E-state index contributed by atoms with van der Waals surface area (Å²) in [6.07, 6.45) is 13.4. The van der Waals surface area contributed by atoms with Crippen LogP contribution in [0.4, 0.5) is 0 Å². The molecule has 0 aliphatic carbocycles. The minimum Gasteiger partial charge on any atom is -0.308 e. The van der Waals surface area contributed by atoms with E-state index < -0.39 is 0 Å². The molecule has 0 saturated heterocycles. The summed E-state index contributed by atoms with van der Waals surface area (Å²) >= 11 is 0. The zero-order valence-corrected chi connectivity index (χ0v) is 31.4. The van der Waals surface area contributed by atoms with E-state index in [0.29, 0.717) is 11.1 Å². The Balaban J connectivity index is 1.53. The van der Waals surface area contributed by atoms with Crippen molar-refractivity contribution < 1.29 is 0 Å². The third kappa shape index (κ3) is 6.48. The van der Waals surface area contributed by atoms with Crippen LogP contribution >= 0.6 is 0 Å². The highest BCUT2D eigenvalue weighted by molar-refractivity contribution is 6.11. The van der Waals surface area contributed by atoms with Crippen LogP contribution in [-0.2, 0) is 25.7 Å². The predicted octanol–water partition coefficient (Wildman–Crippen LogP) is 13.0. The Hall–Kier alpha value is -5.32. The molecule has 0 amide bonds. The van der Waals surface area contributed by atoms with Crippen molar-refractivity contribution in [3.63, 3.8) is 0 Å². The summed E-state index contributed by atoms with van der Waals surface area (Å²) in [7, 11) is 0. The molecule has 4 heteroatoms. The lowest BCUT2D eigenvalue weighted by Gasteiger charge is -2.17. The van der Waals surface area contributed by atoms with E-state index in [1.807, 2.05) is 12.1 Å². The van der Waals surface area contributed by atoms with Gasteiger partial charge in [0.15, 0.2) is 0 Å². The van der Waals surface area contributed by atoms with E-state index in [9.17, 15) is 10.5 Å². The highest BCUT2D eigenvalue weighted by Crippen LogP contribution is 2.40. The Bertz CT molecular complexity index is 2200. The summed E-state index contributed by atoms with van der Waals surface area (Å²) < 4.78 is 4.47. The van der Waals surface area contributed by atoms with Gasteiger partial charge >= 0.3 is 0 Å². The zero-order valence-electron chi connectivity index (χ0n) is 31.4. The number of aromatic nitrogens is 2. The van der Waals surface area contributed by atoms with Crippen LogP contribution in [0.25, 0.3) is 55.0 Å². The molecule has 5 aromatic carbocycles. The van der Waals surface area contributed by atoms with Gasteiger partial charge in [0.1, 0.15) is 11.6 Å². The SMILES string of the molecule is CCCCc1ccc2c(c1)c1cc(CCCC)ccc1n2-c1cc(C#N)cc(-n2c3ccc(CCCC)cc3c3cc(CCCC)ccc32)c1C#N.